The topological polar surface area (TPSA) is 0 Å². The van der Waals surface area contributed by atoms with E-state index in [-0.39, 0.29) is 0 Å². The molecule has 6 heavy (non-hydrogen) atoms. The van der Waals surface area contributed by atoms with Crippen molar-refractivity contribution in [3.63, 3.8) is 0 Å². The molecule has 0 atom stereocenters. The number of hydrogen-bond donors (Lipinski definition) is 0. The molecular weight excluding hydrogens is 124 g/mol. The zero-order chi connectivity index (χ0) is 5.21. The first-order chi connectivity index (χ1) is 2.56. The third-order valence-corrected chi connectivity index (χ3v) is 5.36. The third kappa shape index (κ3) is 4.80. The van der Waals surface area contributed by atoms with Gasteiger partial charge in [-0.3, -0.25) is 0 Å². The molecule has 0 bridgehead atoms. The SMILES string of the molecule is C[Si](C)(C)[CH]=[Ti+2]. The Morgan fingerprint density at radius 2 is 1.50 bits per heavy atom. The van der Waals surface area contributed by atoms with Crippen LogP contribution < -0.4 is 0 Å². The van der Waals surface area contributed by atoms with Gasteiger partial charge < -0.3 is 0 Å². The van der Waals surface area contributed by atoms with E-state index in [2.05, 4.69) is 43.6 Å². The van der Waals surface area contributed by atoms with Crippen LogP contribution in [0.3, 0.4) is 0 Å². The van der Waals surface area contributed by atoms with Crippen LogP contribution in [0.15, 0.2) is 0 Å². The fourth-order valence-corrected chi connectivity index (χ4v) is 0. The van der Waals surface area contributed by atoms with Gasteiger partial charge in [0.05, 0.1) is 0 Å². The van der Waals surface area contributed by atoms with Crippen molar-refractivity contribution in [3.8, 4) is 0 Å². The summed E-state index contributed by atoms with van der Waals surface area (Å²) in [5.74, 6) is 0. The van der Waals surface area contributed by atoms with Crippen LogP contribution in [0.1, 0.15) is 0 Å². The Bertz CT molecular complexity index is 53.1. The van der Waals surface area contributed by atoms with Crippen molar-refractivity contribution in [3.05, 3.63) is 0 Å². The third-order valence-electron chi connectivity index (χ3n) is 0.433. The van der Waals surface area contributed by atoms with E-state index < -0.39 is 8.07 Å². The van der Waals surface area contributed by atoms with Gasteiger partial charge in [0.1, 0.15) is 0 Å². The van der Waals surface area contributed by atoms with Crippen LogP contribution in [0, 0.1) is 0 Å². The Hall–Kier alpha value is 0.801. The molecule has 0 unspecified atom stereocenters. The van der Waals surface area contributed by atoms with E-state index in [9.17, 15) is 0 Å². The van der Waals surface area contributed by atoms with Crippen molar-refractivity contribution in [2.75, 3.05) is 0 Å². The fourth-order valence-electron chi connectivity index (χ4n) is 0. The van der Waals surface area contributed by atoms with E-state index in [1.165, 1.54) is 0 Å². The summed E-state index contributed by atoms with van der Waals surface area (Å²) in [6.07, 6.45) is 0. The molecule has 0 rings (SSSR count). The van der Waals surface area contributed by atoms with Crippen LogP contribution in [0.25, 0.3) is 0 Å². The van der Waals surface area contributed by atoms with E-state index in [4.69, 9.17) is 0 Å². The predicted octanol–water partition coefficient (Wildman–Crippen LogP) is 1.21. The second-order valence-electron chi connectivity index (χ2n) is 2.51. The molecule has 0 aromatic rings. The average molecular weight is 134 g/mol. The maximum atomic E-state index is 2.33. The van der Waals surface area contributed by atoms with Gasteiger partial charge in [0.25, 0.3) is 0 Å². The van der Waals surface area contributed by atoms with E-state index in [0.717, 1.165) is 0 Å². The van der Waals surface area contributed by atoms with Crippen molar-refractivity contribution >= 4 is 12.0 Å². The second kappa shape index (κ2) is 2.20. The number of hydrogen-bond acceptors (Lipinski definition) is 0. The summed E-state index contributed by atoms with van der Waals surface area (Å²) in [5.41, 5.74) is 0. The fraction of sp³-hybridized carbons (Fsp3) is 0.750. The number of rotatable bonds is 1. The molecule has 0 saturated carbocycles. The minimum atomic E-state index is -0.756. The first kappa shape index (κ1) is 6.80. The zero-order valence-electron chi connectivity index (χ0n) is 4.58. The second-order valence-corrected chi connectivity index (χ2v) is 8.88. The van der Waals surface area contributed by atoms with Gasteiger partial charge in [-0.05, 0) is 0 Å². The van der Waals surface area contributed by atoms with Crippen LogP contribution in [0.4, 0.5) is 0 Å². The van der Waals surface area contributed by atoms with E-state index in [1.807, 2.05) is 0 Å². The molecule has 32 valence electrons. The first-order valence-electron chi connectivity index (χ1n) is 2.08. The summed E-state index contributed by atoms with van der Waals surface area (Å²) < 4.78 is 2.33. The quantitative estimate of drug-likeness (QED) is 0.473. The van der Waals surface area contributed by atoms with Gasteiger partial charge in [-0.25, -0.2) is 0 Å². The molecule has 0 fully saturated rings. The molecule has 0 radical (unpaired) electrons. The summed E-state index contributed by atoms with van der Waals surface area (Å²) in [7, 11) is -0.756. The van der Waals surface area contributed by atoms with Gasteiger partial charge in [-0.1, -0.05) is 0 Å². The summed E-state index contributed by atoms with van der Waals surface area (Å²) in [6.45, 7) is 6.98. The summed E-state index contributed by atoms with van der Waals surface area (Å²) in [4.78, 5) is 0. The standard InChI is InChI=1S/C4H10Si.Ti/c1-5(2,3)4;/h1H,2-4H3;/q;+2. The van der Waals surface area contributed by atoms with Crippen molar-refractivity contribution in [1.82, 2.24) is 0 Å². The molecule has 0 saturated heterocycles. The van der Waals surface area contributed by atoms with E-state index >= 15 is 0 Å². The molecule has 0 heterocycles. The summed E-state index contributed by atoms with van der Waals surface area (Å²) >= 11 is 2.15. The Morgan fingerprint density at radius 3 is 1.50 bits per heavy atom. The van der Waals surface area contributed by atoms with Crippen LogP contribution >= 0.6 is 0 Å². The van der Waals surface area contributed by atoms with Gasteiger partial charge in [-0.2, -0.15) is 0 Å². The molecule has 0 aromatic heterocycles. The molecule has 0 spiro atoms. The molecule has 0 N–H and O–H groups in total. The minimum absolute atomic E-state index is 0.756. The zero-order valence-corrected chi connectivity index (χ0v) is 7.14. The Balaban J connectivity index is 3.45. The molecule has 0 amide bonds. The summed E-state index contributed by atoms with van der Waals surface area (Å²) in [6, 6.07) is 0. The first-order valence-corrected chi connectivity index (χ1v) is 6.56. The van der Waals surface area contributed by atoms with Gasteiger partial charge in [0.2, 0.25) is 0 Å². The maximum absolute atomic E-state index is 2.33. The van der Waals surface area contributed by atoms with Crippen molar-refractivity contribution in [1.29, 1.82) is 0 Å². The summed E-state index contributed by atoms with van der Waals surface area (Å²) in [5, 5.41) is 0. The van der Waals surface area contributed by atoms with Crippen molar-refractivity contribution < 1.29 is 20.0 Å². The van der Waals surface area contributed by atoms with Gasteiger partial charge in [0.15, 0.2) is 0 Å². The molecule has 0 aliphatic rings. The molecule has 0 aliphatic carbocycles. The van der Waals surface area contributed by atoms with Crippen molar-refractivity contribution in [2.45, 2.75) is 19.6 Å². The van der Waals surface area contributed by atoms with Crippen LogP contribution in [0.5, 0.6) is 0 Å². The van der Waals surface area contributed by atoms with E-state index in [1.54, 1.807) is 0 Å². The molecule has 0 aromatic carbocycles. The molecule has 0 nitrogen and oxygen atoms in total. The molecular formula is C4H10SiTi+2. The average Bonchev–Trinajstić information content (AvgIpc) is 1.35. The van der Waals surface area contributed by atoms with Crippen LogP contribution in [-0.4, -0.2) is 12.0 Å². The molecule has 2 heteroatoms. The normalized spacial score (nSPS) is 11.5. The van der Waals surface area contributed by atoms with Crippen LogP contribution in [-0.2, 0) is 20.0 Å². The van der Waals surface area contributed by atoms with E-state index in [0.29, 0.717) is 0 Å². The Labute approximate surface area is 51.9 Å². The molecule has 0 aliphatic heterocycles. The van der Waals surface area contributed by atoms with Crippen molar-refractivity contribution in [2.24, 2.45) is 0 Å². The predicted molar refractivity (Wildman–Crippen MR) is 29.4 cm³/mol. The Kier molecular flexibility index (Phi) is 2.49. The van der Waals surface area contributed by atoms with Gasteiger partial charge in [0, 0.05) is 0 Å². The van der Waals surface area contributed by atoms with Crippen LogP contribution in [0.2, 0.25) is 19.6 Å². The monoisotopic (exact) mass is 134 g/mol. The van der Waals surface area contributed by atoms with Gasteiger partial charge >= 0.3 is 51.6 Å². The van der Waals surface area contributed by atoms with Gasteiger partial charge in [-0.15, -0.1) is 0 Å². The Morgan fingerprint density at radius 1 is 1.33 bits per heavy atom.